The molecule has 1 atom stereocenters. The molecule has 0 saturated heterocycles. The fourth-order valence-electron chi connectivity index (χ4n) is 1.72. The van der Waals surface area contributed by atoms with E-state index >= 15 is 0 Å². The van der Waals surface area contributed by atoms with Gasteiger partial charge in [0.05, 0.1) is 0 Å². The lowest BCUT2D eigenvalue weighted by Crippen LogP contribution is -2.23. The molecule has 2 nitrogen and oxygen atoms in total. The smallest absolute Gasteiger partial charge is 0.246 e. The topological polar surface area (TPSA) is 29.4 Å². The van der Waals surface area contributed by atoms with Crippen LogP contribution in [0.15, 0.2) is 27.7 Å². The van der Waals surface area contributed by atoms with Crippen molar-refractivity contribution in [3.8, 4) is 0 Å². The van der Waals surface area contributed by atoms with Crippen LogP contribution in [-0.4, -0.2) is 12.1 Å². The summed E-state index contributed by atoms with van der Waals surface area (Å²) in [6.45, 7) is 1.81. The molecular weight excluding hydrogens is 261 g/mol. The van der Waals surface area contributed by atoms with Gasteiger partial charge < -0.3 is 0 Å². The zero-order valence-electron chi connectivity index (χ0n) is 8.13. The summed E-state index contributed by atoms with van der Waals surface area (Å²) in [6, 6.07) is 4.72. The van der Waals surface area contributed by atoms with E-state index in [0.29, 0.717) is 5.56 Å². The third-order valence-electron chi connectivity index (χ3n) is 2.56. The van der Waals surface area contributed by atoms with E-state index in [9.17, 15) is 9.18 Å². The Morgan fingerprint density at radius 2 is 2.27 bits per heavy atom. The standard InChI is InChI=1S/C11H9BrFNO/c1-11(5-10(15)14-6-11)8-4-7(12)2-3-9(8)13/h2-4,6H,5H2,1H3/t11-/m0/s1. The zero-order chi connectivity index (χ0) is 11.1. The molecule has 1 aromatic rings. The lowest BCUT2D eigenvalue weighted by Gasteiger charge is -2.20. The van der Waals surface area contributed by atoms with Crippen LogP contribution in [0.3, 0.4) is 0 Å². The number of rotatable bonds is 1. The first kappa shape index (κ1) is 10.5. The quantitative estimate of drug-likeness (QED) is 0.771. The fourth-order valence-corrected chi connectivity index (χ4v) is 2.08. The largest absolute Gasteiger partial charge is 0.273 e. The Labute approximate surface area is 95.3 Å². The van der Waals surface area contributed by atoms with Crippen molar-refractivity contribution in [3.05, 3.63) is 34.1 Å². The van der Waals surface area contributed by atoms with Gasteiger partial charge in [-0.3, -0.25) is 4.79 Å². The van der Waals surface area contributed by atoms with E-state index in [1.165, 1.54) is 12.3 Å². The van der Waals surface area contributed by atoms with Crippen LogP contribution in [-0.2, 0) is 10.2 Å². The Hall–Kier alpha value is -1.03. The Bertz CT molecular complexity index is 458. The Kier molecular flexibility index (Phi) is 2.46. The van der Waals surface area contributed by atoms with Gasteiger partial charge in [-0.15, -0.1) is 0 Å². The molecule has 1 aliphatic heterocycles. The summed E-state index contributed by atoms with van der Waals surface area (Å²) < 4.78 is 14.4. The van der Waals surface area contributed by atoms with E-state index in [1.54, 1.807) is 12.1 Å². The van der Waals surface area contributed by atoms with Crippen molar-refractivity contribution in [1.29, 1.82) is 0 Å². The number of halogens is 2. The summed E-state index contributed by atoms with van der Waals surface area (Å²) >= 11 is 3.29. The summed E-state index contributed by atoms with van der Waals surface area (Å²) in [5, 5.41) is 0. The van der Waals surface area contributed by atoms with Crippen LogP contribution in [0.2, 0.25) is 0 Å². The third-order valence-corrected chi connectivity index (χ3v) is 3.05. The maximum Gasteiger partial charge on any atom is 0.246 e. The molecule has 78 valence electrons. The van der Waals surface area contributed by atoms with Crippen LogP contribution in [0.1, 0.15) is 18.9 Å². The van der Waals surface area contributed by atoms with Gasteiger partial charge in [0.1, 0.15) is 5.82 Å². The lowest BCUT2D eigenvalue weighted by molar-refractivity contribution is -0.117. The van der Waals surface area contributed by atoms with Crippen LogP contribution in [0.4, 0.5) is 4.39 Å². The van der Waals surface area contributed by atoms with E-state index in [1.807, 2.05) is 6.92 Å². The van der Waals surface area contributed by atoms with Gasteiger partial charge in [-0.25, -0.2) is 9.38 Å². The van der Waals surface area contributed by atoms with Gasteiger partial charge >= 0.3 is 0 Å². The monoisotopic (exact) mass is 269 g/mol. The van der Waals surface area contributed by atoms with Crippen molar-refractivity contribution in [3.63, 3.8) is 0 Å². The van der Waals surface area contributed by atoms with Crippen molar-refractivity contribution >= 4 is 28.1 Å². The fraction of sp³-hybridized carbons (Fsp3) is 0.273. The normalized spacial score (nSPS) is 24.9. The summed E-state index contributed by atoms with van der Waals surface area (Å²) in [6.07, 6.45) is 1.76. The molecule has 0 N–H and O–H groups in total. The molecule has 1 aliphatic rings. The SMILES string of the molecule is C[C@@]1(c2cc(Br)ccc2F)C=NC(=O)C1. The van der Waals surface area contributed by atoms with Crippen molar-refractivity contribution < 1.29 is 9.18 Å². The van der Waals surface area contributed by atoms with E-state index in [4.69, 9.17) is 0 Å². The van der Waals surface area contributed by atoms with Crippen LogP contribution in [0, 0.1) is 5.82 Å². The number of carbonyl (C=O) groups excluding carboxylic acids is 1. The minimum absolute atomic E-state index is 0.197. The highest BCUT2D eigenvalue weighted by Gasteiger charge is 2.34. The molecule has 0 unspecified atom stereocenters. The van der Waals surface area contributed by atoms with Crippen molar-refractivity contribution in [1.82, 2.24) is 0 Å². The molecule has 0 aliphatic carbocycles. The van der Waals surface area contributed by atoms with E-state index in [2.05, 4.69) is 20.9 Å². The summed E-state index contributed by atoms with van der Waals surface area (Å²) in [5.74, 6) is -0.501. The number of hydrogen-bond acceptors (Lipinski definition) is 1. The van der Waals surface area contributed by atoms with Crippen molar-refractivity contribution in [2.24, 2.45) is 4.99 Å². The van der Waals surface area contributed by atoms with Gasteiger partial charge in [-0.1, -0.05) is 15.9 Å². The van der Waals surface area contributed by atoms with Gasteiger partial charge in [-0.05, 0) is 25.1 Å². The maximum atomic E-state index is 13.6. The second-order valence-electron chi connectivity index (χ2n) is 3.87. The molecule has 4 heteroatoms. The number of nitrogens with zero attached hydrogens (tertiary/aromatic N) is 1. The summed E-state index contributed by atoms with van der Waals surface area (Å²) in [4.78, 5) is 14.8. The number of amides is 1. The van der Waals surface area contributed by atoms with Gasteiger partial charge in [0.25, 0.3) is 0 Å². The molecule has 0 aromatic heterocycles. The highest BCUT2D eigenvalue weighted by Crippen LogP contribution is 2.33. The molecule has 15 heavy (non-hydrogen) atoms. The molecule has 0 spiro atoms. The van der Waals surface area contributed by atoms with Crippen molar-refractivity contribution in [2.75, 3.05) is 0 Å². The predicted octanol–water partition coefficient (Wildman–Crippen LogP) is 2.85. The molecule has 1 amide bonds. The highest BCUT2D eigenvalue weighted by atomic mass is 79.9. The van der Waals surface area contributed by atoms with Gasteiger partial charge in [-0.2, -0.15) is 0 Å². The first-order chi connectivity index (χ1) is 7.01. The molecule has 0 radical (unpaired) electrons. The third kappa shape index (κ3) is 1.86. The highest BCUT2D eigenvalue weighted by molar-refractivity contribution is 9.10. The molecular formula is C11H9BrFNO. The lowest BCUT2D eigenvalue weighted by atomic mass is 9.82. The minimum Gasteiger partial charge on any atom is -0.273 e. The molecule has 2 rings (SSSR count). The van der Waals surface area contributed by atoms with Gasteiger partial charge in [0.15, 0.2) is 0 Å². The Morgan fingerprint density at radius 1 is 1.53 bits per heavy atom. The van der Waals surface area contributed by atoms with Gasteiger partial charge in [0.2, 0.25) is 5.91 Å². The minimum atomic E-state index is -0.606. The van der Waals surface area contributed by atoms with E-state index in [0.717, 1.165) is 4.47 Å². The number of hydrogen-bond donors (Lipinski definition) is 0. The molecule has 0 fully saturated rings. The van der Waals surface area contributed by atoms with Gasteiger partial charge in [0, 0.05) is 28.1 Å². The van der Waals surface area contributed by atoms with Crippen LogP contribution in [0.25, 0.3) is 0 Å². The molecule has 1 heterocycles. The Morgan fingerprint density at radius 3 is 2.87 bits per heavy atom. The summed E-state index contributed by atoms with van der Waals surface area (Å²) in [7, 11) is 0. The molecule has 0 saturated carbocycles. The first-order valence-corrected chi connectivity index (χ1v) is 5.34. The zero-order valence-corrected chi connectivity index (χ0v) is 9.71. The van der Waals surface area contributed by atoms with Crippen LogP contribution >= 0.6 is 15.9 Å². The molecule has 1 aromatic carbocycles. The van der Waals surface area contributed by atoms with E-state index < -0.39 is 5.41 Å². The second kappa shape index (κ2) is 3.52. The van der Waals surface area contributed by atoms with Crippen LogP contribution in [0.5, 0.6) is 0 Å². The predicted molar refractivity (Wildman–Crippen MR) is 59.6 cm³/mol. The summed E-state index contributed by atoms with van der Waals surface area (Å²) in [5.41, 5.74) is -0.100. The average molecular weight is 270 g/mol. The number of benzene rings is 1. The Balaban J connectivity index is 2.50. The van der Waals surface area contributed by atoms with Crippen LogP contribution < -0.4 is 0 Å². The number of carbonyl (C=O) groups is 1. The first-order valence-electron chi connectivity index (χ1n) is 4.55. The number of aliphatic imine (C=N–C) groups is 1. The average Bonchev–Trinajstić information content (AvgIpc) is 2.52. The second-order valence-corrected chi connectivity index (χ2v) is 4.79. The van der Waals surface area contributed by atoms with Crippen molar-refractivity contribution in [2.45, 2.75) is 18.8 Å². The van der Waals surface area contributed by atoms with E-state index in [-0.39, 0.29) is 18.1 Å². The maximum absolute atomic E-state index is 13.6. The molecule has 0 bridgehead atoms.